The van der Waals surface area contributed by atoms with Crippen LogP contribution in [0.2, 0.25) is 0 Å². The van der Waals surface area contributed by atoms with Gasteiger partial charge in [-0.3, -0.25) is 0 Å². The molecule has 0 spiro atoms. The third-order valence-electron chi connectivity index (χ3n) is 9.31. The van der Waals surface area contributed by atoms with E-state index >= 15 is 0 Å². The molecule has 0 bridgehead atoms. The second-order valence-electron chi connectivity index (χ2n) is 12.6. The summed E-state index contributed by atoms with van der Waals surface area (Å²) in [6.07, 6.45) is 41.1. The van der Waals surface area contributed by atoms with Crippen LogP contribution in [0.15, 0.2) is 0 Å². The zero-order valence-electron chi connectivity index (χ0n) is 27.1. The fraction of sp³-hybridized carbons (Fsp3) is 1.00. The molecule has 37 heavy (non-hydrogen) atoms. The molecule has 0 aliphatic heterocycles. The minimum Gasteiger partial charge on any atom is -0.324 e. The average molecular weight is 523 g/mol. The number of quaternary nitrogens is 1. The molecule has 0 N–H and O–H groups in total. The summed E-state index contributed by atoms with van der Waals surface area (Å²) in [5.41, 5.74) is 0. The standard InChI is InChI=1S/C36H76N/c1-5-9-11-13-15-17-19-21-23-25-27-29-31-33-35-37(7-3,8-4)36-34-32-30-28-26-24-22-20-18-16-14-12-10-6-2/h5-36H2,1-4H3/q+1. The molecule has 0 fully saturated rings. The quantitative estimate of drug-likeness (QED) is 0.0608. The molecule has 0 amide bonds. The normalized spacial score (nSPS) is 12.0. The van der Waals surface area contributed by atoms with Gasteiger partial charge in [-0.15, -0.1) is 0 Å². The van der Waals surface area contributed by atoms with E-state index in [9.17, 15) is 0 Å². The summed E-state index contributed by atoms with van der Waals surface area (Å²) in [7, 11) is 0. The molecule has 0 atom stereocenters. The van der Waals surface area contributed by atoms with Crippen molar-refractivity contribution in [1.82, 2.24) is 0 Å². The molecule has 0 saturated heterocycles. The van der Waals surface area contributed by atoms with Gasteiger partial charge in [0.25, 0.3) is 0 Å². The van der Waals surface area contributed by atoms with Crippen molar-refractivity contribution in [3.63, 3.8) is 0 Å². The SMILES string of the molecule is CCCCCCCCCCCCCCCC[N+](CC)(CC)CCCCCCCCCCCCCCCC. The molecule has 0 rings (SSSR count). The third kappa shape index (κ3) is 26.0. The van der Waals surface area contributed by atoms with Crippen LogP contribution in [0, 0.1) is 0 Å². The molecule has 0 saturated carbocycles. The van der Waals surface area contributed by atoms with Gasteiger partial charge >= 0.3 is 0 Å². The Morgan fingerprint density at radius 1 is 0.243 bits per heavy atom. The lowest BCUT2D eigenvalue weighted by Crippen LogP contribution is -2.49. The van der Waals surface area contributed by atoms with Gasteiger partial charge in [-0.1, -0.05) is 168 Å². The van der Waals surface area contributed by atoms with Gasteiger partial charge in [0.1, 0.15) is 0 Å². The largest absolute Gasteiger partial charge is 0.324 e. The van der Waals surface area contributed by atoms with Crippen molar-refractivity contribution >= 4 is 0 Å². The summed E-state index contributed by atoms with van der Waals surface area (Å²) >= 11 is 0. The van der Waals surface area contributed by atoms with Crippen molar-refractivity contribution in [3.8, 4) is 0 Å². The molecule has 0 aromatic rings. The van der Waals surface area contributed by atoms with Gasteiger partial charge in [0.2, 0.25) is 0 Å². The van der Waals surface area contributed by atoms with Crippen LogP contribution in [0.25, 0.3) is 0 Å². The van der Waals surface area contributed by atoms with E-state index in [0.717, 1.165) is 0 Å². The smallest absolute Gasteiger partial charge is 0.0786 e. The zero-order chi connectivity index (χ0) is 27.1. The zero-order valence-corrected chi connectivity index (χ0v) is 27.1. The Morgan fingerprint density at radius 2 is 0.432 bits per heavy atom. The van der Waals surface area contributed by atoms with Gasteiger partial charge in [0.15, 0.2) is 0 Å². The summed E-state index contributed by atoms with van der Waals surface area (Å²) in [4.78, 5) is 0. The maximum Gasteiger partial charge on any atom is 0.0786 e. The summed E-state index contributed by atoms with van der Waals surface area (Å²) in [6.45, 7) is 15.1. The number of hydrogen-bond donors (Lipinski definition) is 0. The van der Waals surface area contributed by atoms with E-state index in [1.165, 1.54) is 210 Å². The van der Waals surface area contributed by atoms with Crippen LogP contribution in [0.4, 0.5) is 0 Å². The monoisotopic (exact) mass is 523 g/mol. The number of rotatable bonds is 32. The molecule has 0 heterocycles. The Morgan fingerprint density at radius 3 is 0.622 bits per heavy atom. The van der Waals surface area contributed by atoms with Gasteiger partial charge in [0.05, 0.1) is 26.2 Å². The summed E-state index contributed by atoms with van der Waals surface area (Å²) in [6, 6.07) is 0. The highest BCUT2D eigenvalue weighted by atomic mass is 15.3. The predicted molar refractivity (Wildman–Crippen MR) is 172 cm³/mol. The maximum absolute atomic E-state index is 2.44. The van der Waals surface area contributed by atoms with Crippen LogP contribution >= 0.6 is 0 Å². The molecular formula is C36H76N+. The van der Waals surface area contributed by atoms with Crippen LogP contribution in [0.3, 0.4) is 0 Å². The lowest BCUT2D eigenvalue weighted by molar-refractivity contribution is -0.925. The highest BCUT2D eigenvalue weighted by molar-refractivity contribution is 4.52. The highest BCUT2D eigenvalue weighted by Gasteiger charge is 2.21. The summed E-state index contributed by atoms with van der Waals surface area (Å²) in [5.74, 6) is 0. The average Bonchev–Trinajstić information content (AvgIpc) is 2.92. The van der Waals surface area contributed by atoms with E-state index in [-0.39, 0.29) is 0 Å². The summed E-state index contributed by atoms with van der Waals surface area (Å²) in [5, 5.41) is 0. The number of unbranched alkanes of at least 4 members (excludes halogenated alkanes) is 26. The van der Waals surface area contributed by atoms with E-state index in [2.05, 4.69) is 27.7 Å². The fourth-order valence-corrected chi connectivity index (χ4v) is 6.25. The molecule has 0 aliphatic rings. The Hall–Kier alpha value is -0.0400. The first kappa shape index (κ1) is 37.0. The van der Waals surface area contributed by atoms with E-state index in [0.29, 0.717) is 0 Å². The van der Waals surface area contributed by atoms with Crippen LogP contribution in [0.1, 0.15) is 207 Å². The molecule has 1 heteroatoms. The van der Waals surface area contributed by atoms with Crippen LogP contribution in [0.5, 0.6) is 0 Å². The maximum atomic E-state index is 2.44. The van der Waals surface area contributed by atoms with Gasteiger partial charge in [0, 0.05) is 0 Å². The molecule has 0 radical (unpaired) electrons. The van der Waals surface area contributed by atoms with E-state index in [4.69, 9.17) is 0 Å². The van der Waals surface area contributed by atoms with Gasteiger partial charge < -0.3 is 4.48 Å². The molecule has 0 unspecified atom stereocenters. The van der Waals surface area contributed by atoms with Gasteiger partial charge in [-0.05, 0) is 39.5 Å². The first-order valence-electron chi connectivity index (χ1n) is 18.1. The minimum atomic E-state index is 1.34. The lowest BCUT2D eigenvalue weighted by atomic mass is 10.0. The summed E-state index contributed by atoms with van der Waals surface area (Å²) < 4.78 is 1.39. The van der Waals surface area contributed by atoms with E-state index in [1.54, 1.807) is 0 Å². The second kappa shape index (κ2) is 30.5. The second-order valence-corrected chi connectivity index (χ2v) is 12.6. The van der Waals surface area contributed by atoms with Gasteiger partial charge in [-0.25, -0.2) is 0 Å². The van der Waals surface area contributed by atoms with Crippen molar-refractivity contribution < 1.29 is 4.48 Å². The van der Waals surface area contributed by atoms with E-state index < -0.39 is 0 Å². The highest BCUT2D eigenvalue weighted by Crippen LogP contribution is 2.17. The predicted octanol–water partition coefficient (Wildman–Crippen LogP) is 12.8. The molecule has 0 aromatic heterocycles. The molecule has 1 nitrogen and oxygen atoms in total. The van der Waals surface area contributed by atoms with Crippen molar-refractivity contribution in [3.05, 3.63) is 0 Å². The van der Waals surface area contributed by atoms with Crippen molar-refractivity contribution in [2.45, 2.75) is 207 Å². The molecule has 0 aromatic carbocycles. The Labute approximate surface area is 237 Å². The van der Waals surface area contributed by atoms with Gasteiger partial charge in [-0.2, -0.15) is 0 Å². The van der Waals surface area contributed by atoms with Crippen molar-refractivity contribution in [2.24, 2.45) is 0 Å². The number of hydrogen-bond acceptors (Lipinski definition) is 0. The first-order valence-corrected chi connectivity index (χ1v) is 18.1. The van der Waals surface area contributed by atoms with Crippen molar-refractivity contribution in [1.29, 1.82) is 0 Å². The topological polar surface area (TPSA) is 0 Å². The number of nitrogens with zero attached hydrogens (tertiary/aromatic N) is 1. The van der Waals surface area contributed by atoms with Crippen LogP contribution < -0.4 is 0 Å². The first-order chi connectivity index (χ1) is 18.2. The third-order valence-corrected chi connectivity index (χ3v) is 9.31. The Bertz CT molecular complexity index is 365. The van der Waals surface area contributed by atoms with E-state index in [1.807, 2.05) is 0 Å². The minimum absolute atomic E-state index is 1.34. The molecule has 0 aliphatic carbocycles. The molecular weight excluding hydrogens is 446 g/mol. The van der Waals surface area contributed by atoms with Crippen molar-refractivity contribution in [2.75, 3.05) is 26.2 Å². The lowest BCUT2D eigenvalue weighted by Gasteiger charge is -2.37. The Kier molecular flexibility index (Phi) is 30.5. The van der Waals surface area contributed by atoms with Crippen LogP contribution in [-0.4, -0.2) is 30.7 Å². The van der Waals surface area contributed by atoms with Crippen LogP contribution in [-0.2, 0) is 0 Å². The molecule has 224 valence electrons. The fourth-order valence-electron chi connectivity index (χ4n) is 6.25. The Balaban J connectivity index is 3.54.